The zero-order chi connectivity index (χ0) is 18.4. The summed E-state index contributed by atoms with van der Waals surface area (Å²) in [4.78, 5) is 26.2. The predicted molar refractivity (Wildman–Crippen MR) is 95.0 cm³/mol. The highest BCUT2D eigenvalue weighted by Gasteiger charge is 2.41. The van der Waals surface area contributed by atoms with Crippen LogP contribution in [0.3, 0.4) is 0 Å². The summed E-state index contributed by atoms with van der Waals surface area (Å²) in [5.74, 6) is -0.671. The van der Waals surface area contributed by atoms with Crippen molar-refractivity contribution >= 4 is 12.1 Å². The third-order valence-corrected chi connectivity index (χ3v) is 3.97. The van der Waals surface area contributed by atoms with Crippen molar-refractivity contribution in [2.24, 2.45) is 5.92 Å². The van der Waals surface area contributed by atoms with Crippen molar-refractivity contribution in [1.29, 1.82) is 0 Å². The molecule has 1 saturated heterocycles. The quantitative estimate of drug-likeness (QED) is 0.829. The van der Waals surface area contributed by atoms with Gasteiger partial charge in [0, 0.05) is 25.7 Å². The van der Waals surface area contributed by atoms with E-state index in [2.05, 4.69) is 5.32 Å². The van der Waals surface area contributed by atoms with Crippen LogP contribution in [0.25, 0.3) is 0 Å². The number of likely N-dealkylation sites (tertiary alicyclic amines) is 1. The van der Waals surface area contributed by atoms with Crippen LogP contribution in [0.15, 0.2) is 30.3 Å². The van der Waals surface area contributed by atoms with Crippen molar-refractivity contribution < 1.29 is 19.1 Å². The highest BCUT2D eigenvalue weighted by Crippen LogP contribution is 2.22. The number of nitrogens with one attached hydrogen (secondary N) is 1. The molecular formula is C19H28N2O4. The maximum Gasteiger partial charge on any atom is 0.410 e. The number of carbonyl (C=O) groups is 2. The number of hydrogen-bond acceptors (Lipinski definition) is 5. The molecule has 1 amide bonds. The van der Waals surface area contributed by atoms with E-state index >= 15 is 0 Å². The van der Waals surface area contributed by atoms with Crippen LogP contribution in [0, 0.1) is 5.92 Å². The van der Waals surface area contributed by atoms with Crippen LogP contribution in [0.1, 0.15) is 33.3 Å². The van der Waals surface area contributed by atoms with Crippen LogP contribution in [0.2, 0.25) is 0 Å². The van der Waals surface area contributed by atoms with Crippen molar-refractivity contribution in [3.63, 3.8) is 0 Å². The molecule has 0 aromatic heterocycles. The van der Waals surface area contributed by atoms with Gasteiger partial charge in [-0.3, -0.25) is 4.79 Å². The largest absolute Gasteiger partial charge is 0.466 e. The van der Waals surface area contributed by atoms with Gasteiger partial charge in [-0.15, -0.1) is 0 Å². The molecule has 0 spiro atoms. The second-order valence-electron chi connectivity index (χ2n) is 7.22. The van der Waals surface area contributed by atoms with E-state index in [1.54, 1.807) is 11.8 Å². The third kappa shape index (κ3) is 5.74. The Labute approximate surface area is 149 Å². The lowest BCUT2D eigenvalue weighted by atomic mass is 10.0. The Morgan fingerprint density at radius 1 is 1.20 bits per heavy atom. The lowest BCUT2D eigenvalue weighted by Crippen LogP contribution is -2.40. The Bertz CT molecular complexity index is 583. The third-order valence-electron chi connectivity index (χ3n) is 3.97. The van der Waals surface area contributed by atoms with E-state index < -0.39 is 17.6 Å². The van der Waals surface area contributed by atoms with Crippen molar-refractivity contribution in [2.75, 3.05) is 19.7 Å². The monoisotopic (exact) mass is 348 g/mol. The van der Waals surface area contributed by atoms with Gasteiger partial charge in [0.25, 0.3) is 0 Å². The molecule has 1 aliphatic rings. The molecule has 25 heavy (non-hydrogen) atoms. The van der Waals surface area contributed by atoms with E-state index in [0.717, 1.165) is 5.56 Å². The molecule has 6 nitrogen and oxygen atoms in total. The molecule has 2 unspecified atom stereocenters. The van der Waals surface area contributed by atoms with E-state index in [1.807, 2.05) is 51.1 Å². The molecule has 1 N–H and O–H groups in total. The van der Waals surface area contributed by atoms with Crippen molar-refractivity contribution in [3.8, 4) is 0 Å². The second kappa shape index (κ2) is 8.34. The number of rotatable bonds is 5. The van der Waals surface area contributed by atoms with E-state index in [-0.39, 0.29) is 12.0 Å². The molecule has 2 rings (SSSR count). The molecule has 0 saturated carbocycles. The maximum atomic E-state index is 12.3. The van der Waals surface area contributed by atoms with Crippen LogP contribution in [0.5, 0.6) is 0 Å². The number of amides is 1. The molecule has 1 aliphatic heterocycles. The molecule has 0 bridgehead atoms. The number of nitrogens with zero attached hydrogens (tertiary/aromatic N) is 1. The molecule has 6 heteroatoms. The average molecular weight is 348 g/mol. The lowest BCUT2D eigenvalue weighted by molar-refractivity contribution is -0.148. The highest BCUT2D eigenvalue weighted by atomic mass is 16.6. The fourth-order valence-electron chi connectivity index (χ4n) is 2.82. The summed E-state index contributed by atoms with van der Waals surface area (Å²) in [6.07, 6.45) is -0.397. The fourth-order valence-corrected chi connectivity index (χ4v) is 2.82. The molecule has 138 valence electrons. The normalized spacial score (nSPS) is 20.4. The first-order valence-corrected chi connectivity index (χ1v) is 8.72. The van der Waals surface area contributed by atoms with Crippen molar-refractivity contribution in [3.05, 3.63) is 35.9 Å². The van der Waals surface area contributed by atoms with Crippen molar-refractivity contribution in [1.82, 2.24) is 10.2 Å². The predicted octanol–water partition coefficient (Wildman–Crippen LogP) is 2.57. The number of carbonyl (C=O) groups excluding carboxylic acids is 2. The van der Waals surface area contributed by atoms with Gasteiger partial charge in [0.05, 0.1) is 12.5 Å². The van der Waals surface area contributed by atoms with Crippen LogP contribution >= 0.6 is 0 Å². The van der Waals surface area contributed by atoms with Crippen LogP contribution in [-0.2, 0) is 20.8 Å². The van der Waals surface area contributed by atoms with Gasteiger partial charge >= 0.3 is 12.1 Å². The topological polar surface area (TPSA) is 67.9 Å². The second-order valence-corrected chi connectivity index (χ2v) is 7.22. The summed E-state index contributed by atoms with van der Waals surface area (Å²) in [5.41, 5.74) is 0.562. The summed E-state index contributed by atoms with van der Waals surface area (Å²) in [6, 6.07) is 9.79. The van der Waals surface area contributed by atoms with Crippen LogP contribution in [-0.4, -0.2) is 48.3 Å². The van der Waals surface area contributed by atoms with E-state index in [9.17, 15) is 9.59 Å². The molecule has 2 atom stereocenters. The van der Waals surface area contributed by atoms with Gasteiger partial charge in [0.1, 0.15) is 5.60 Å². The van der Waals surface area contributed by atoms with Gasteiger partial charge < -0.3 is 19.7 Å². The van der Waals surface area contributed by atoms with Gasteiger partial charge in [0.2, 0.25) is 0 Å². The standard InChI is InChI=1S/C19H28N2O4/c1-5-24-17(22)15-12-21(18(23)25-19(2,3)4)13-16(15)20-11-14-9-7-6-8-10-14/h6-10,15-16,20H,5,11-13H2,1-4H3. The number of ether oxygens (including phenoxy) is 2. The van der Waals surface area contributed by atoms with Crippen LogP contribution < -0.4 is 5.32 Å². The summed E-state index contributed by atoms with van der Waals surface area (Å²) < 4.78 is 10.6. The number of esters is 1. The van der Waals surface area contributed by atoms with Gasteiger partial charge in [-0.1, -0.05) is 30.3 Å². The van der Waals surface area contributed by atoms with E-state index in [4.69, 9.17) is 9.47 Å². The van der Waals surface area contributed by atoms with Gasteiger partial charge in [-0.25, -0.2) is 4.79 Å². The Kier molecular flexibility index (Phi) is 6.42. The molecule has 0 radical (unpaired) electrons. The maximum absolute atomic E-state index is 12.3. The fraction of sp³-hybridized carbons (Fsp3) is 0.579. The zero-order valence-electron chi connectivity index (χ0n) is 15.5. The van der Waals surface area contributed by atoms with Gasteiger partial charge in [-0.2, -0.15) is 0 Å². The minimum absolute atomic E-state index is 0.160. The Morgan fingerprint density at radius 2 is 1.88 bits per heavy atom. The minimum Gasteiger partial charge on any atom is -0.466 e. The highest BCUT2D eigenvalue weighted by molar-refractivity contribution is 5.76. The first-order chi connectivity index (χ1) is 11.8. The molecule has 1 aromatic carbocycles. The molecular weight excluding hydrogens is 320 g/mol. The molecule has 1 aromatic rings. The lowest BCUT2D eigenvalue weighted by Gasteiger charge is -2.24. The Hall–Kier alpha value is -2.08. The smallest absolute Gasteiger partial charge is 0.410 e. The number of benzene rings is 1. The number of hydrogen-bond donors (Lipinski definition) is 1. The SMILES string of the molecule is CCOC(=O)C1CN(C(=O)OC(C)(C)C)CC1NCc1ccccc1. The zero-order valence-corrected chi connectivity index (χ0v) is 15.5. The molecule has 0 aliphatic carbocycles. The summed E-state index contributed by atoms with van der Waals surface area (Å²) >= 11 is 0. The molecule has 1 heterocycles. The van der Waals surface area contributed by atoms with Crippen molar-refractivity contribution in [2.45, 2.75) is 45.9 Å². The first kappa shape index (κ1) is 19.2. The molecule has 1 fully saturated rings. The van der Waals surface area contributed by atoms with Gasteiger partial charge in [0.15, 0.2) is 0 Å². The van der Waals surface area contributed by atoms with E-state index in [0.29, 0.717) is 26.2 Å². The van der Waals surface area contributed by atoms with Crippen LogP contribution in [0.4, 0.5) is 4.79 Å². The summed E-state index contributed by atoms with van der Waals surface area (Å²) in [5, 5.41) is 3.38. The first-order valence-electron chi connectivity index (χ1n) is 8.72. The Morgan fingerprint density at radius 3 is 2.48 bits per heavy atom. The average Bonchev–Trinajstić information content (AvgIpc) is 2.97. The van der Waals surface area contributed by atoms with E-state index in [1.165, 1.54) is 0 Å². The Balaban J connectivity index is 2.03. The minimum atomic E-state index is -0.563. The summed E-state index contributed by atoms with van der Waals surface area (Å²) in [7, 11) is 0. The van der Waals surface area contributed by atoms with Gasteiger partial charge in [-0.05, 0) is 33.3 Å². The summed E-state index contributed by atoms with van der Waals surface area (Å²) in [6.45, 7) is 8.95.